The summed E-state index contributed by atoms with van der Waals surface area (Å²) in [5, 5.41) is 8.07. The maximum absolute atomic E-state index is 12.0. The summed E-state index contributed by atoms with van der Waals surface area (Å²) in [7, 11) is 1.57. The van der Waals surface area contributed by atoms with Crippen LogP contribution in [-0.4, -0.2) is 50.8 Å². The molecule has 0 radical (unpaired) electrons. The monoisotopic (exact) mass is 334 g/mol. The smallest absolute Gasteiger partial charge is 0.319 e. The van der Waals surface area contributed by atoms with Crippen molar-refractivity contribution >= 4 is 23.3 Å². The van der Waals surface area contributed by atoms with Crippen LogP contribution in [0.3, 0.4) is 0 Å². The molecule has 24 heavy (non-hydrogen) atoms. The van der Waals surface area contributed by atoms with Crippen LogP contribution in [0.5, 0.6) is 0 Å². The number of rotatable bonds is 5. The van der Waals surface area contributed by atoms with E-state index in [9.17, 15) is 9.59 Å². The minimum atomic E-state index is -0.319. The number of benzene rings is 1. The second-order valence-corrected chi connectivity index (χ2v) is 5.98. The zero-order chi connectivity index (χ0) is 17.5. The highest BCUT2D eigenvalue weighted by Gasteiger charge is 2.24. The molecule has 0 unspecified atom stereocenters. The zero-order valence-electron chi connectivity index (χ0n) is 14.5. The van der Waals surface area contributed by atoms with Gasteiger partial charge in [0.05, 0.1) is 23.6 Å². The number of para-hydroxylation sites is 2. The highest BCUT2D eigenvalue weighted by Crippen LogP contribution is 2.28. The van der Waals surface area contributed by atoms with E-state index in [1.807, 2.05) is 38.1 Å². The lowest BCUT2D eigenvalue weighted by Crippen LogP contribution is -2.45. The molecule has 0 bridgehead atoms. The Labute approximate surface area is 142 Å². The Balaban J connectivity index is 1.98. The van der Waals surface area contributed by atoms with E-state index in [1.165, 1.54) is 0 Å². The van der Waals surface area contributed by atoms with Crippen molar-refractivity contribution in [3.63, 3.8) is 0 Å². The summed E-state index contributed by atoms with van der Waals surface area (Å²) < 4.78 is 5.77. The molecule has 3 N–H and O–H groups in total. The number of nitrogens with one attached hydrogen (secondary N) is 3. The first-order valence-electron chi connectivity index (χ1n) is 8.24. The van der Waals surface area contributed by atoms with Crippen LogP contribution in [0.15, 0.2) is 24.3 Å². The van der Waals surface area contributed by atoms with Crippen LogP contribution in [0.2, 0.25) is 0 Å². The molecule has 7 heteroatoms. The van der Waals surface area contributed by atoms with E-state index in [2.05, 4.69) is 20.9 Å². The number of anilines is 2. The van der Waals surface area contributed by atoms with Gasteiger partial charge in [0.1, 0.15) is 0 Å². The molecule has 1 saturated heterocycles. The predicted molar refractivity (Wildman–Crippen MR) is 94.4 cm³/mol. The van der Waals surface area contributed by atoms with Crippen molar-refractivity contribution in [1.29, 1.82) is 0 Å². The van der Waals surface area contributed by atoms with E-state index in [0.29, 0.717) is 6.54 Å². The number of morpholine rings is 1. The Kier molecular flexibility index (Phi) is 6.43. The summed E-state index contributed by atoms with van der Waals surface area (Å²) in [5.74, 6) is -0.105. The third kappa shape index (κ3) is 5.13. The van der Waals surface area contributed by atoms with Gasteiger partial charge in [-0.15, -0.1) is 0 Å². The molecule has 1 heterocycles. The summed E-state index contributed by atoms with van der Waals surface area (Å²) in [4.78, 5) is 25.4. The molecule has 3 amide bonds. The van der Waals surface area contributed by atoms with E-state index < -0.39 is 0 Å². The summed E-state index contributed by atoms with van der Waals surface area (Å²) in [6.45, 7) is 5.94. The van der Waals surface area contributed by atoms with Crippen molar-refractivity contribution in [3.05, 3.63) is 24.3 Å². The zero-order valence-corrected chi connectivity index (χ0v) is 14.5. The van der Waals surface area contributed by atoms with Gasteiger partial charge in [0.15, 0.2) is 0 Å². The van der Waals surface area contributed by atoms with Gasteiger partial charge >= 0.3 is 6.03 Å². The van der Waals surface area contributed by atoms with Crippen LogP contribution < -0.4 is 20.9 Å². The molecule has 0 aliphatic carbocycles. The minimum absolute atomic E-state index is 0.105. The Morgan fingerprint density at radius 2 is 1.88 bits per heavy atom. The second kappa shape index (κ2) is 8.54. The van der Waals surface area contributed by atoms with Crippen LogP contribution in [-0.2, 0) is 9.53 Å². The maximum atomic E-state index is 12.0. The number of ether oxygens (including phenoxy) is 1. The second-order valence-electron chi connectivity index (χ2n) is 5.98. The molecule has 1 aromatic carbocycles. The molecule has 2 rings (SSSR count). The molecule has 1 fully saturated rings. The molecular weight excluding hydrogens is 308 g/mol. The molecule has 2 atom stereocenters. The summed E-state index contributed by atoms with van der Waals surface area (Å²) in [6.07, 6.45) is 0.538. The van der Waals surface area contributed by atoms with Gasteiger partial charge in [-0.1, -0.05) is 12.1 Å². The van der Waals surface area contributed by atoms with Crippen LogP contribution in [0, 0.1) is 0 Å². The van der Waals surface area contributed by atoms with Crippen LogP contribution >= 0.6 is 0 Å². The normalized spacial score (nSPS) is 20.4. The molecule has 0 spiro atoms. The Morgan fingerprint density at radius 3 is 2.54 bits per heavy atom. The first kappa shape index (κ1) is 18.1. The highest BCUT2D eigenvalue weighted by atomic mass is 16.5. The molecule has 1 aromatic rings. The average Bonchev–Trinajstić information content (AvgIpc) is 2.54. The topological polar surface area (TPSA) is 82.7 Å². The van der Waals surface area contributed by atoms with E-state index in [4.69, 9.17) is 4.74 Å². The van der Waals surface area contributed by atoms with Crippen molar-refractivity contribution in [2.24, 2.45) is 0 Å². The van der Waals surface area contributed by atoms with Gasteiger partial charge in [-0.05, 0) is 26.0 Å². The molecule has 0 aromatic heterocycles. The Bertz CT molecular complexity index is 569. The van der Waals surface area contributed by atoms with E-state index in [-0.39, 0.29) is 30.6 Å². The number of carbonyl (C=O) groups is 2. The quantitative estimate of drug-likeness (QED) is 0.763. The number of amides is 3. The molecule has 1 aliphatic heterocycles. The van der Waals surface area contributed by atoms with Crippen molar-refractivity contribution in [1.82, 2.24) is 10.6 Å². The van der Waals surface area contributed by atoms with E-state index >= 15 is 0 Å². The number of urea groups is 1. The largest absolute Gasteiger partial charge is 0.372 e. The molecule has 0 saturated carbocycles. The number of hydrogen-bond donors (Lipinski definition) is 3. The van der Waals surface area contributed by atoms with Gasteiger partial charge in [-0.2, -0.15) is 0 Å². The molecular formula is C17H26N4O3. The minimum Gasteiger partial charge on any atom is -0.372 e. The van der Waals surface area contributed by atoms with Crippen molar-refractivity contribution < 1.29 is 14.3 Å². The fraction of sp³-hybridized carbons (Fsp3) is 0.529. The standard InChI is InChI=1S/C17H26N4O3/c1-12-10-21(11-13(2)24-12)15-7-5-4-6-14(15)20-17(23)19-9-8-16(22)18-3/h4-7,12-13H,8-11H2,1-3H3,(H,18,22)(H2,19,20,23)/t12-,13+. The summed E-state index contributed by atoms with van der Waals surface area (Å²) in [6, 6.07) is 7.38. The van der Waals surface area contributed by atoms with E-state index in [0.717, 1.165) is 24.5 Å². The maximum Gasteiger partial charge on any atom is 0.319 e. The van der Waals surface area contributed by atoms with Gasteiger partial charge in [0.2, 0.25) is 5.91 Å². The van der Waals surface area contributed by atoms with Gasteiger partial charge in [0.25, 0.3) is 0 Å². The Hall–Kier alpha value is -2.28. The van der Waals surface area contributed by atoms with Crippen molar-refractivity contribution in [2.45, 2.75) is 32.5 Å². The lowest BCUT2D eigenvalue weighted by Gasteiger charge is -2.37. The van der Waals surface area contributed by atoms with Gasteiger partial charge in [-0.25, -0.2) is 4.79 Å². The highest BCUT2D eigenvalue weighted by molar-refractivity contribution is 5.93. The lowest BCUT2D eigenvalue weighted by molar-refractivity contribution is -0.120. The van der Waals surface area contributed by atoms with Crippen LogP contribution in [0.4, 0.5) is 16.2 Å². The van der Waals surface area contributed by atoms with E-state index in [1.54, 1.807) is 7.05 Å². The number of carbonyl (C=O) groups excluding carboxylic acids is 2. The SMILES string of the molecule is CNC(=O)CCNC(=O)Nc1ccccc1N1C[C@@H](C)O[C@@H](C)C1. The lowest BCUT2D eigenvalue weighted by atomic mass is 10.1. The van der Waals surface area contributed by atoms with Crippen LogP contribution in [0.1, 0.15) is 20.3 Å². The predicted octanol–water partition coefficient (Wildman–Crippen LogP) is 1.56. The van der Waals surface area contributed by atoms with Crippen molar-refractivity contribution in [3.8, 4) is 0 Å². The average molecular weight is 334 g/mol. The summed E-state index contributed by atoms with van der Waals surface area (Å²) >= 11 is 0. The molecule has 132 valence electrons. The molecule has 7 nitrogen and oxygen atoms in total. The van der Waals surface area contributed by atoms with Crippen LogP contribution in [0.25, 0.3) is 0 Å². The van der Waals surface area contributed by atoms with Crippen molar-refractivity contribution in [2.75, 3.05) is 36.9 Å². The molecule has 1 aliphatic rings. The number of nitrogens with zero attached hydrogens (tertiary/aromatic N) is 1. The Morgan fingerprint density at radius 1 is 1.21 bits per heavy atom. The van der Waals surface area contributed by atoms with Gasteiger partial charge < -0.3 is 25.6 Å². The first-order chi connectivity index (χ1) is 11.5. The number of hydrogen-bond acceptors (Lipinski definition) is 4. The van der Waals surface area contributed by atoms with Gasteiger partial charge in [0, 0.05) is 33.1 Å². The third-order valence-corrected chi connectivity index (χ3v) is 3.83. The third-order valence-electron chi connectivity index (χ3n) is 3.83. The fourth-order valence-electron chi connectivity index (χ4n) is 2.81. The fourth-order valence-corrected chi connectivity index (χ4v) is 2.81. The summed E-state index contributed by atoms with van der Waals surface area (Å²) in [5.41, 5.74) is 1.72. The van der Waals surface area contributed by atoms with Gasteiger partial charge in [-0.3, -0.25) is 4.79 Å². The first-order valence-corrected chi connectivity index (χ1v) is 8.24.